The van der Waals surface area contributed by atoms with Crippen molar-refractivity contribution in [1.29, 1.82) is 0 Å². The first-order chi connectivity index (χ1) is 19.5. The van der Waals surface area contributed by atoms with E-state index in [1.54, 1.807) is 3.97 Å². The molecule has 0 fully saturated rings. The maximum Gasteiger partial charge on any atom is 0.270 e. The molecule has 2 aromatic heterocycles. The molecule has 3 nitrogen and oxygen atoms in total. The predicted molar refractivity (Wildman–Crippen MR) is 169 cm³/mol. The third-order valence-corrected chi connectivity index (χ3v) is 10.5. The molecule has 4 aromatic carbocycles. The Morgan fingerprint density at radius 1 is 0.800 bits per heavy atom. The molecule has 0 amide bonds. The average Bonchev–Trinajstić information content (AvgIpc) is 3.59. The minimum atomic E-state index is -3.82. The molecule has 0 saturated heterocycles. The molecule has 0 bridgehead atoms. The molecule has 194 valence electrons. The Hall–Kier alpha value is -4.45. The first-order valence-corrected chi connectivity index (χ1v) is 15.3. The number of thiophene rings is 1. The highest BCUT2D eigenvalue weighted by molar-refractivity contribution is 7.90. The van der Waals surface area contributed by atoms with Crippen LogP contribution in [0.25, 0.3) is 59.4 Å². The molecule has 0 saturated carbocycles. The van der Waals surface area contributed by atoms with E-state index in [0.29, 0.717) is 10.4 Å². The first-order valence-electron chi connectivity index (χ1n) is 13.1. The largest absolute Gasteiger partial charge is 0.270 e. The summed E-state index contributed by atoms with van der Waals surface area (Å²) >= 11 is 1.53. The zero-order valence-corrected chi connectivity index (χ0v) is 23.5. The number of benzene rings is 4. The van der Waals surface area contributed by atoms with Crippen molar-refractivity contribution in [2.24, 2.45) is 0 Å². The van der Waals surface area contributed by atoms with Crippen LogP contribution in [0.2, 0.25) is 0 Å². The lowest BCUT2D eigenvalue weighted by Gasteiger charge is -2.18. The molecule has 0 atom stereocenters. The third-order valence-electron chi connectivity index (χ3n) is 7.42. The summed E-state index contributed by atoms with van der Waals surface area (Å²) in [4.78, 5) is 2.05. The van der Waals surface area contributed by atoms with Crippen LogP contribution in [-0.4, -0.2) is 12.4 Å². The highest BCUT2D eigenvalue weighted by Gasteiger charge is 2.35. The molecule has 1 aliphatic heterocycles. The van der Waals surface area contributed by atoms with Gasteiger partial charge >= 0.3 is 0 Å². The summed E-state index contributed by atoms with van der Waals surface area (Å²) in [7, 11) is -3.82. The van der Waals surface area contributed by atoms with Crippen LogP contribution in [0, 0.1) is 0 Å². The summed E-state index contributed by atoms with van der Waals surface area (Å²) in [6.45, 7) is 6.32. The molecule has 6 aromatic rings. The zero-order chi connectivity index (χ0) is 27.4. The summed E-state index contributed by atoms with van der Waals surface area (Å²) in [5.74, 6) is 0. The number of allylic oxidation sites excluding steroid dienone is 5. The van der Waals surface area contributed by atoms with Gasteiger partial charge < -0.3 is 0 Å². The van der Waals surface area contributed by atoms with Gasteiger partial charge in [0, 0.05) is 21.2 Å². The third kappa shape index (κ3) is 3.74. The van der Waals surface area contributed by atoms with Gasteiger partial charge in [0.15, 0.2) is 0 Å². The van der Waals surface area contributed by atoms with E-state index in [1.807, 2.05) is 98.0 Å². The van der Waals surface area contributed by atoms with Gasteiger partial charge in [-0.1, -0.05) is 97.6 Å². The van der Waals surface area contributed by atoms with E-state index in [-0.39, 0.29) is 0 Å². The molecule has 7 rings (SSSR count). The van der Waals surface area contributed by atoms with Crippen molar-refractivity contribution in [3.8, 4) is 32.0 Å². The quantitative estimate of drug-likeness (QED) is 0.198. The number of aromatic nitrogens is 1. The molecule has 5 heteroatoms. The Balaban J connectivity index is 1.56. The Morgan fingerprint density at radius 2 is 1.52 bits per heavy atom. The van der Waals surface area contributed by atoms with Crippen molar-refractivity contribution in [3.63, 3.8) is 0 Å². The van der Waals surface area contributed by atoms with E-state index in [9.17, 15) is 8.42 Å². The van der Waals surface area contributed by atoms with Gasteiger partial charge in [0.2, 0.25) is 0 Å². The van der Waals surface area contributed by atoms with E-state index in [2.05, 4.69) is 36.9 Å². The van der Waals surface area contributed by atoms with E-state index >= 15 is 0 Å². The van der Waals surface area contributed by atoms with Crippen LogP contribution in [0.15, 0.2) is 133 Å². The Morgan fingerprint density at radius 3 is 2.25 bits per heavy atom. The van der Waals surface area contributed by atoms with E-state index < -0.39 is 10.0 Å². The molecule has 40 heavy (non-hydrogen) atoms. The topological polar surface area (TPSA) is 39.1 Å². The molecule has 1 aliphatic rings. The van der Waals surface area contributed by atoms with E-state index in [0.717, 1.165) is 59.4 Å². The Labute approximate surface area is 237 Å². The monoisotopic (exact) mass is 555 g/mol. The van der Waals surface area contributed by atoms with E-state index in [1.165, 1.54) is 11.3 Å². The van der Waals surface area contributed by atoms with Crippen molar-refractivity contribution in [2.45, 2.75) is 11.8 Å². The fourth-order valence-electron chi connectivity index (χ4n) is 5.50. The van der Waals surface area contributed by atoms with Gasteiger partial charge in [0.1, 0.15) is 4.90 Å². The average molecular weight is 556 g/mol. The highest BCUT2D eigenvalue weighted by atomic mass is 32.2. The second kappa shape index (κ2) is 9.33. The maximum atomic E-state index is 14.3. The van der Waals surface area contributed by atoms with Crippen molar-refractivity contribution in [3.05, 3.63) is 134 Å². The summed E-state index contributed by atoms with van der Waals surface area (Å²) < 4.78 is 30.1. The first kappa shape index (κ1) is 24.6. The number of hydrogen-bond acceptors (Lipinski definition) is 3. The predicted octanol–water partition coefficient (Wildman–Crippen LogP) is 9.55. The van der Waals surface area contributed by atoms with Gasteiger partial charge in [-0.3, -0.25) is 0 Å². The molecule has 0 unspecified atom stereocenters. The smallest absolute Gasteiger partial charge is 0.233 e. The molecule has 0 radical (unpaired) electrons. The molecular weight excluding hydrogens is 531 g/mol. The highest BCUT2D eigenvalue weighted by Crippen LogP contribution is 2.51. The Bertz CT molecular complexity index is 2130. The lowest BCUT2D eigenvalue weighted by atomic mass is 9.97. The van der Waals surface area contributed by atoms with Crippen LogP contribution >= 0.6 is 11.3 Å². The second-order valence-electron chi connectivity index (χ2n) is 9.87. The molecular formula is C35H25NO2S2. The summed E-state index contributed by atoms with van der Waals surface area (Å²) in [5, 5.41) is 1.82. The number of nitrogens with zero attached hydrogens (tertiary/aromatic N) is 1. The lowest BCUT2D eigenvalue weighted by molar-refractivity contribution is 0.590. The molecule has 0 spiro atoms. The minimum absolute atomic E-state index is 0.349. The zero-order valence-electron chi connectivity index (χ0n) is 21.8. The van der Waals surface area contributed by atoms with Crippen molar-refractivity contribution in [1.82, 2.24) is 3.97 Å². The van der Waals surface area contributed by atoms with Crippen LogP contribution in [0.5, 0.6) is 0 Å². The molecule has 0 N–H and O–H groups in total. The Kier molecular flexibility index (Phi) is 5.74. The molecule has 3 heterocycles. The number of hydrogen-bond donors (Lipinski definition) is 0. The van der Waals surface area contributed by atoms with Crippen molar-refractivity contribution in [2.75, 3.05) is 0 Å². The van der Waals surface area contributed by atoms with Crippen molar-refractivity contribution < 1.29 is 8.42 Å². The van der Waals surface area contributed by atoms with Gasteiger partial charge in [-0.25, -0.2) is 12.4 Å². The number of fused-ring (bicyclic) bond motifs is 5. The fourth-order valence-corrected chi connectivity index (χ4v) is 8.76. The molecule has 0 aliphatic carbocycles. The second-order valence-corrected chi connectivity index (χ2v) is 12.7. The van der Waals surface area contributed by atoms with Crippen LogP contribution in [-0.2, 0) is 10.0 Å². The summed E-state index contributed by atoms with van der Waals surface area (Å²) in [6.07, 6.45) is 7.92. The van der Waals surface area contributed by atoms with Gasteiger partial charge in [0.05, 0.1) is 15.9 Å². The lowest BCUT2D eigenvalue weighted by Crippen LogP contribution is -2.16. The van der Waals surface area contributed by atoms with Crippen LogP contribution < -0.4 is 0 Å². The van der Waals surface area contributed by atoms with Crippen LogP contribution in [0.3, 0.4) is 0 Å². The maximum absolute atomic E-state index is 14.3. The van der Waals surface area contributed by atoms with E-state index in [4.69, 9.17) is 0 Å². The minimum Gasteiger partial charge on any atom is -0.233 e. The summed E-state index contributed by atoms with van der Waals surface area (Å²) in [5.41, 5.74) is 7.30. The van der Waals surface area contributed by atoms with Gasteiger partial charge in [-0.2, -0.15) is 0 Å². The van der Waals surface area contributed by atoms with Gasteiger partial charge in [0.25, 0.3) is 10.0 Å². The van der Waals surface area contributed by atoms with Crippen molar-refractivity contribution >= 4 is 48.7 Å². The summed E-state index contributed by atoms with van der Waals surface area (Å²) in [6, 6.07) is 32.2. The van der Waals surface area contributed by atoms with Crippen LogP contribution in [0.1, 0.15) is 12.5 Å². The SMILES string of the molecule is C=C(/C=C\C=C/C)c1cc2c3c(c1)c1cc(-c4ccccc4)ccc1n3S(=O)(=O)c1cc(-c3ccccc3)sc1-2. The van der Waals surface area contributed by atoms with Crippen LogP contribution in [0.4, 0.5) is 0 Å². The fraction of sp³-hybridized carbons (Fsp3) is 0.0286. The normalized spacial score (nSPS) is 13.9. The van der Waals surface area contributed by atoms with Gasteiger partial charge in [-0.05, 0) is 65.1 Å². The van der Waals surface area contributed by atoms with Gasteiger partial charge in [-0.15, -0.1) is 11.3 Å². The standard InChI is InChI=1S/C35H25NO2S2/c1-3-4-7-12-23(2)27-20-29-28-19-26(24-13-8-5-9-14-24)17-18-31(28)36-34(29)30(21-27)35-33(40(36,37)38)22-32(39-35)25-15-10-6-11-16-25/h3-22H,2H2,1H3/b4-3-,12-7-. The number of rotatable bonds is 5.